The number of rotatable bonds is 6. The van der Waals surface area contributed by atoms with Crippen molar-refractivity contribution >= 4 is 44.8 Å². The first kappa shape index (κ1) is 21.3. The van der Waals surface area contributed by atoms with Crippen LogP contribution < -0.4 is 16.0 Å². The minimum Gasteiger partial charge on any atom is -0.354 e. The average molecular weight is 438 g/mol. The van der Waals surface area contributed by atoms with Crippen LogP contribution in [0.1, 0.15) is 32.6 Å². The van der Waals surface area contributed by atoms with E-state index in [1.165, 1.54) is 19.2 Å². The third-order valence-electron chi connectivity index (χ3n) is 4.75. The molecule has 156 valence electrons. The second kappa shape index (κ2) is 8.96. The van der Waals surface area contributed by atoms with Crippen molar-refractivity contribution in [1.29, 1.82) is 0 Å². The number of hydrogen-bond donors (Lipinski definition) is 3. The van der Waals surface area contributed by atoms with Gasteiger partial charge in [-0.25, -0.2) is 13.4 Å². The van der Waals surface area contributed by atoms with Gasteiger partial charge in [0.1, 0.15) is 5.02 Å². The first-order chi connectivity index (χ1) is 13.7. The van der Waals surface area contributed by atoms with Gasteiger partial charge in [0, 0.05) is 25.3 Å². The van der Waals surface area contributed by atoms with Crippen molar-refractivity contribution in [2.45, 2.75) is 49.6 Å². The van der Waals surface area contributed by atoms with Crippen molar-refractivity contribution in [2.75, 3.05) is 16.9 Å². The summed E-state index contributed by atoms with van der Waals surface area (Å²) in [5.74, 6) is 0.733. The third kappa shape index (κ3) is 5.80. The van der Waals surface area contributed by atoms with E-state index in [0.29, 0.717) is 17.5 Å². The lowest BCUT2D eigenvalue weighted by Crippen LogP contribution is -2.39. The van der Waals surface area contributed by atoms with Crippen molar-refractivity contribution in [3.8, 4) is 0 Å². The van der Waals surface area contributed by atoms with Gasteiger partial charge in [-0.1, -0.05) is 23.7 Å². The maximum absolute atomic E-state index is 12.0. The number of sulfone groups is 1. The minimum absolute atomic E-state index is 0.00691. The number of nitrogens with one attached hydrogen (secondary N) is 3. The molecule has 1 aliphatic carbocycles. The summed E-state index contributed by atoms with van der Waals surface area (Å²) in [4.78, 5) is 20.0. The molecular formula is C19H24ClN5O3S. The number of nitrogens with zero attached hydrogens (tertiary/aromatic N) is 2. The minimum atomic E-state index is -3.41. The van der Waals surface area contributed by atoms with Gasteiger partial charge < -0.3 is 16.0 Å². The van der Waals surface area contributed by atoms with Crippen LogP contribution in [0.2, 0.25) is 5.02 Å². The van der Waals surface area contributed by atoms with Crippen LogP contribution in [0.3, 0.4) is 0 Å². The fraction of sp³-hybridized carbons (Fsp3) is 0.421. The molecular weight excluding hydrogens is 414 g/mol. The van der Waals surface area contributed by atoms with Gasteiger partial charge in [0.25, 0.3) is 0 Å². The predicted octanol–water partition coefficient (Wildman–Crippen LogP) is 3.14. The molecule has 2 aromatic rings. The number of amides is 1. The SMILES string of the molecule is CC(=O)N[C@H]1CC[C@H](Nc2ncc(Cl)c(Nc3ccccc3S(C)(=O)=O)n2)CC1. The summed E-state index contributed by atoms with van der Waals surface area (Å²) in [6, 6.07) is 6.98. The normalized spacial score (nSPS) is 19.4. The molecule has 0 saturated heterocycles. The Kier molecular flexibility index (Phi) is 6.59. The van der Waals surface area contributed by atoms with Crippen molar-refractivity contribution in [2.24, 2.45) is 0 Å². The monoisotopic (exact) mass is 437 g/mol. The summed E-state index contributed by atoms with van der Waals surface area (Å²) in [6.45, 7) is 1.53. The molecule has 0 unspecified atom stereocenters. The van der Waals surface area contributed by atoms with Gasteiger partial charge >= 0.3 is 0 Å². The molecule has 1 fully saturated rings. The maximum Gasteiger partial charge on any atom is 0.224 e. The number of hydrogen-bond acceptors (Lipinski definition) is 7. The van der Waals surface area contributed by atoms with Gasteiger partial charge in [0.2, 0.25) is 11.9 Å². The molecule has 1 saturated carbocycles. The van der Waals surface area contributed by atoms with E-state index in [2.05, 4.69) is 25.9 Å². The second-order valence-electron chi connectivity index (χ2n) is 7.18. The molecule has 1 aromatic heterocycles. The molecule has 0 atom stereocenters. The summed E-state index contributed by atoms with van der Waals surface area (Å²) in [6.07, 6.45) is 6.17. The number of carbonyl (C=O) groups is 1. The van der Waals surface area contributed by atoms with E-state index in [1.807, 2.05) is 0 Å². The Morgan fingerprint density at radius 2 is 1.79 bits per heavy atom. The number of anilines is 3. The Morgan fingerprint density at radius 1 is 1.14 bits per heavy atom. The number of halogens is 1. The van der Waals surface area contributed by atoms with E-state index < -0.39 is 9.84 Å². The Hall–Kier alpha value is -2.39. The first-order valence-electron chi connectivity index (χ1n) is 9.34. The third-order valence-corrected chi connectivity index (χ3v) is 6.18. The zero-order valence-electron chi connectivity index (χ0n) is 16.3. The quantitative estimate of drug-likeness (QED) is 0.636. The Morgan fingerprint density at radius 3 is 2.45 bits per heavy atom. The highest BCUT2D eigenvalue weighted by Crippen LogP contribution is 2.29. The molecule has 0 bridgehead atoms. The second-order valence-corrected chi connectivity index (χ2v) is 9.57. The van der Waals surface area contributed by atoms with Gasteiger partial charge in [-0.3, -0.25) is 4.79 Å². The maximum atomic E-state index is 12.0. The molecule has 0 spiro atoms. The summed E-state index contributed by atoms with van der Waals surface area (Å²) < 4.78 is 24.0. The summed E-state index contributed by atoms with van der Waals surface area (Å²) in [7, 11) is -3.41. The largest absolute Gasteiger partial charge is 0.354 e. The van der Waals surface area contributed by atoms with Crippen LogP contribution in [-0.2, 0) is 14.6 Å². The molecule has 0 aliphatic heterocycles. The van der Waals surface area contributed by atoms with Gasteiger partial charge in [-0.05, 0) is 37.8 Å². The first-order valence-corrected chi connectivity index (χ1v) is 11.6. The molecule has 29 heavy (non-hydrogen) atoms. The summed E-state index contributed by atoms with van der Waals surface area (Å²) in [5.41, 5.74) is 0.400. The van der Waals surface area contributed by atoms with Gasteiger partial charge in [0.05, 0.1) is 16.8 Å². The van der Waals surface area contributed by atoms with Gasteiger partial charge in [0.15, 0.2) is 15.7 Å². The lowest BCUT2D eigenvalue weighted by atomic mass is 9.91. The highest BCUT2D eigenvalue weighted by atomic mass is 35.5. The van der Waals surface area contributed by atoms with Crippen molar-refractivity contribution in [1.82, 2.24) is 15.3 Å². The fourth-order valence-electron chi connectivity index (χ4n) is 3.40. The summed E-state index contributed by atoms with van der Waals surface area (Å²) in [5, 5.41) is 9.54. The lowest BCUT2D eigenvalue weighted by molar-refractivity contribution is -0.119. The zero-order chi connectivity index (χ0) is 21.0. The highest BCUT2D eigenvalue weighted by molar-refractivity contribution is 7.90. The van der Waals surface area contributed by atoms with E-state index in [-0.39, 0.29) is 27.9 Å². The van der Waals surface area contributed by atoms with E-state index in [9.17, 15) is 13.2 Å². The van der Waals surface area contributed by atoms with Crippen LogP contribution >= 0.6 is 11.6 Å². The molecule has 1 aromatic carbocycles. The Bertz CT molecular complexity index is 991. The molecule has 1 aliphatic rings. The molecule has 8 nitrogen and oxygen atoms in total. The molecule has 1 heterocycles. The van der Waals surface area contributed by atoms with Crippen LogP contribution in [-0.4, -0.2) is 42.6 Å². The predicted molar refractivity (Wildman–Crippen MR) is 113 cm³/mol. The number of para-hydroxylation sites is 1. The molecule has 1 amide bonds. The average Bonchev–Trinajstić information content (AvgIpc) is 2.65. The van der Waals surface area contributed by atoms with E-state index in [0.717, 1.165) is 31.9 Å². The Balaban J connectivity index is 1.71. The number of carbonyl (C=O) groups excluding carboxylic acids is 1. The van der Waals surface area contributed by atoms with Gasteiger partial charge in [-0.15, -0.1) is 0 Å². The number of aromatic nitrogens is 2. The smallest absolute Gasteiger partial charge is 0.224 e. The fourth-order valence-corrected chi connectivity index (χ4v) is 4.38. The van der Waals surface area contributed by atoms with E-state index in [4.69, 9.17) is 11.6 Å². The van der Waals surface area contributed by atoms with Crippen LogP contribution in [0.25, 0.3) is 0 Å². The van der Waals surface area contributed by atoms with Gasteiger partial charge in [-0.2, -0.15) is 4.98 Å². The van der Waals surface area contributed by atoms with Crippen molar-refractivity contribution in [3.05, 3.63) is 35.5 Å². The molecule has 3 N–H and O–H groups in total. The standard InChI is InChI=1S/C19H24ClN5O3S/c1-12(26)22-13-7-9-14(10-8-13)23-19-21-11-15(20)18(25-19)24-16-5-3-4-6-17(16)29(2,27)28/h3-6,11,13-14H,7-10H2,1-2H3,(H,22,26)(H2,21,23,24,25)/t13-,14-. The number of benzene rings is 1. The van der Waals surface area contributed by atoms with Crippen molar-refractivity contribution in [3.63, 3.8) is 0 Å². The van der Waals surface area contributed by atoms with Crippen LogP contribution in [0, 0.1) is 0 Å². The van der Waals surface area contributed by atoms with E-state index >= 15 is 0 Å². The Labute approximate surface area is 175 Å². The van der Waals surface area contributed by atoms with Crippen LogP contribution in [0.15, 0.2) is 35.4 Å². The van der Waals surface area contributed by atoms with Crippen LogP contribution in [0.5, 0.6) is 0 Å². The lowest BCUT2D eigenvalue weighted by Gasteiger charge is -2.29. The molecule has 3 rings (SSSR count). The highest BCUT2D eigenvalue weighted by Gasteiger charge is 2.22. The topological polar surface area (TPSA) is 113 Å². The zero-order valence-corrected chi connectivity index (χ0v) is 17.8. The van der Waals surface area contributed by atoms with E-state index in [1.54, 1.807) is 18.2 Å². The molecule has 0 radical (unpaired) electrons. The molecule has 10 heteroatoms. The van der Waals surface area contributed by atoms with Crippen LogP contribution in [0.4, 0.5) is 17.5 Å². The summed E-state index contributed by atoms with van der Waals surface area (Å²) >= 11 is 6.22. The van der Waals surface area contributed by atoms with Crippen molar-refractivity contribution < 1.29 is 13.2 Å².